The van der Waals surface area contributed by atoms with E-state index < -0.39 is 20.0 Å². The lowest BCUT2D eigenvalue weighted by molar-refractivity contribution is 0.394. The molecule has 118 valence electrons. The smallest absolute Gasteiger partial charge is 0.212 e. The van der Waals surface area contributed by atoms with Crippen molar-refractivity contribution in [2.24, 2.45) is 0 Å². The van der Waals surface area contributed by atoms with Crippen molar-refractivity contribution < 1.29 is 16.8 Å². The van der Waals surface area contributed by atoms with Crippen LogP contribution in [0.3, 0.4) is 0 Å². The highest BCUT2D eigenvalue weighted by atomic mass is 32.2. The molecule has 0 bridgehead atoms. The van der Waals surface area contributed by atoms with E-state index in [1.54, 1.807) is 32.0 Å². The van der Waals surface area contributed by atoms with Gasteiger partial charge in [0.05, 0.1) is 11.2 Å². The minimum absolute atomic E-state index is 0.172. The van der Waals surface area contributed by atoms with Crippen molar-refractivity contribution in [3.8, 4) is 0 Å². The van der Waals surface area contributed by atoms with Gasteiger partial charge in [0.25, 0.3) is 0 Å². The van der Waals surface area contributed by atoms with E-state index in [4.69, 9.17) is 0 Å². The molecule has 0 fully saturated rings. The van der Waals surface area contributed by atoms with Gasteiger partial charge in [-0.15, -0.1) is 0 Å². The molecular weight excluding hydrogens is 312 g/mol. The van der Waals surface area contributed by atoms with Gasteiger partial charge in [-0.3, -0.25) is 0 Å². The van der Waals surface area contributed by atoms with Crippen LogP contribution in [0.2, 0.25) is 0 Å². The monoisotopic (exact) mass is 332 g/mol. The highest BCUT2D eigenvalue weighted by Gasteiger charge is 2.25. The number of nitrogens with one attached hydrogen (secondary N) is 1. The van der Waals surface area contributed by atoms with Crippen LogP contribution in [0.1, 0.15) is 25.0 Å². The van der Waals surface area contributed by atoms with E-state index in [0.29, 0.717) is 13.0 Å². The molecule has 6 nitrogen and oxygen atoms in total. The molecule has 0 aromatic heterocycles. The Labute approximate surface area is 126 Å². The number of rotatable bonds is 4. The molecule has 0 radical (unpaired) electrons. The molecule has 21 heavy (non-hydrogen) atoms. The maximum atomic E-state index is 12.2. The third-order valence-corrected chi connectivity index (χ3v) is 6.23. The van der Waals surface area contributed by atoms with Crippen LogP contribution in [0.25, 0.3) is 0 Å². The second-order valence-corrected chi connectivity index (χ2v) is 9.25. The second kappa shape index (κ2) is 5.68. The summed E-state index contributed by atoms with van der Waals surface area (Å²) in [4.78, 5) is 0.172. The Morgan fingerprint density at radius 1 is 1.14 bits per heavy atom. The van der Waals surface area contributed by atoms with Crippen molar-refractivity contribution >= 4 is 20.0 Å². The molecule has 0 saturated heterocycles. The highest BCUT2D eigenvalue weighted by Crippen LogP contribution is 2.24. The van der Waals surface area contributed by atoms with E-state index in [1.165, 1.54) is 10.6 Å². The predicted octanol–water partition coefficient (Wildman–Crippen LogP) is 0.691. The van der Waals surface area contributed by atoms with Crippen LogP contribution < -0.4 is 4.72 Å². The van der Waals surface area contributed by atoms with Crippen molar-refractivity contribution in [3.05, 3.63) is 29.3 Å². The Morgan fingerprint density at radius 2 is 1.81 bits per heavy atom. The van der Waals surface area contributed by atoms with Gasteiger partial charge in [-0.2, -0.15) is 4.31 Å². The molecule has 1 N–H and O–H groups in total. The standard InChI is InChI=1S/C13H20N2O4S2/c1-10(2)14-21(18,19)13-5-4-11-6-7-15(20(3,16)17)9-12(11)8-13/h4-5,8,10,14H,6-7,9H2,1-3H3. The fraction of sp³-hybridized carbons (Fsp3) is 0.538. The van der Waals surface area contributed by atoms with Crippen LogP contribution in [0.15, 0.2) is 23.1 Å². The molecule has 1 aliphatic rings. The number of fused-ring (bicyclic) bond motifs is 1. The van der Waals surface area contributed by atoms with Crippen molar-refractivity contribution in [3.63, 3.8) is 0 Å². The fourth-order valence-corrected chi connectivity index (χ4v) is 4.43. The second-order valence-electron chi connectivity index (χ2n) is 5.55. The van der Waals surface area contributed by atoms with Gasteiger partial charge in [0.2, 0.25) is 20.0 Å². The molecular formula is C13H20N2O4S2. The molecule has 1 aromatic rings. The molecule has 0 saturated carbocycles. The third kappa shape index (κ3) is 3.82. The SMILES string of the molecule is CC(C)NS(=O)(=O)c1ccc2c(c1)CN(S(C)(=O)=O)CC2. The predicted molar refractivity (Wildman–Crippen MR) is 80.9 cm³/mol. The first-order chi connectivity index (χ1) is 9.59. The Hall–Kier alpha value is -0.960. The summed E-state index contributed by atoms with van der Waals surface area (Å²) in [7, 11) is -6.83. The van der Waals surface area contributed by atoms with Crippen molar-refractivity contribution in [2.45, 2.75) is 37.8 Å². The lowest BCUT2D eigenvalue weighted by atomic mass is 10.0. The van der Waals surface area contributed by atoms with Crippen molar-refractivity contribution in [1.29, 1.82) is 0 Å². The lowest BCUT2D eigenvalue weighted by Crippen LogP contribution is -2.35. The first-order valence-corrected chi connectivity index (χ1v) is 10.0. The number of benzene rings is 1. The van der Waals surface area contributed by atoms with Crippen molar-refractivity contribution in [2.75, 3.05) is 12.8 Å². The highest BCUT2D eigenvalue weighted by molar-refractivity contribution is 7.89. The molecule has 1 heterocycles. The Kier molecular flexibility index (Phi) is 4.44. The van der Waals surface area contributed by atoms with Crippen LogP contribution in [0.5, 0.6) is 0 Å². The zero-order valence-corrected chi connectivity index (χ0v) is 14.0. The summed E-state index contributed by atoms with van der Waals surface area (Å²) in [5, 5.41) is 0. The number of hydrogen-bond donors (Lipinski definition) is 1. The quantitative estimate of drug-likeness (QED) is 0.879. The van der Waals surface area contributed by atoms with Crippen molar-refractivity contribution in [1.82, 2.24) is 9.03 Å². The minimum atomic E-state index is -3.56. The summed E-state index contributed by atoms with van der Waals surface area (Å²) in [6.45, 7) is 4.16. The fourth-order valence-electron chi connectivity index (χ4n) is 2.34. The molecule has 0 unspecified atom stereocenters. The molecule has 0 aliphatic carbocycles. The van der Waals surface area contributed by atoms with Gasteiger partial charge >= 0.3 is 0 Å². The summed E-state index contributed by atoms with van der Waals surface area (Å²) in [5.74, 6) is 0. The Bertz CT molecular complexity index is 739. The number of hydrogen-bond acceptors (Lipinski definition) is 4. The average Bonchev–Trinajstić information content (AvgIpc) is 2.34. The van der Waals surface area contributed by atoms with Gasteiger partial charge in [0.1, 0.15) is 0 Å². The first kappa shape index (κ1) is 16.4. The van der Waals surface area contributed by atoms with Gasteiger partial charge in [0.15, 0.2) is 0 Å². The zero-order valence-electron chi connectivity index (χ0n) is 12.3. The summed E-state index contributed by atoms with van der Waals surface area (Å²) in [6.07, 6.45) is 1.76. The first-order valence-electron chi connectivity index (χ1n) is 6.69. The molecule has 1 aromatic carbocycles. The zero-order chi connectivity index (χ0) is 15.8. The molecule has 8 heteroatoms. The Morgan fingerprint density at radius 3 is 2.38 bits per heavy atom. The van der Waals surface area contributed by atoms with E-state index >= 15 is 0 Å². The van der Waals surface area contributed by atoms with Gasteiger partial charge in [0, 0.05) is 19.1 Å². The number of sulfonamides is 2. The number of nitrogens with zero attached hydrogens (tertiary/aromatic N) is 1. The van der Waals surface area contributed by atoms with Gasteiger partial charge in [-0.05, 0) is 43.5 Å². The normalized spacial score (nSPS) is 17.0. The molecule has 0 amide bonds. The van der Waals surface area contributed by atoms with Gasteiger partial charge in [-0.25, -0.2) is 21.6 Å². The van der Waals surface area contributed by atoms with Crippen LogP contribution >= 0.6 is 0 Å². The minimum Gasteiger partial charge on any atom is -0.212 e. The summed E-state index contributed by atoms with van der Waals surface area (Å²) in [6, 6.07) is 4.71. The van der Waals surface area contributed by atoms with Crippen LogP contribution in [-0.4, -0.2) is 40.0 Å². The molecule has 2 rings (SSSR count). The lowest BCUT2D eigenvalue weighted by Gasteiger charge is -2.27. The Balaban J connectivity index is 2.36. The van der Waals surface area contributed by atoms with E-state index in [2.05, 4.69) is 4.72 Å². The molecule has 1 aliphatic heterocycles. The van der Waals surface area contributed by atoms with Gasteiger partial charge in [-0.1, -0.05) is 6.07 Å². The van der Waals surface area contributed by atoms with E-state index in [9.17, 15) is 16.8 Å². The topological polar surface area (TPSA) is 83.6 Å². The third-order valence-electron chi connectivity index (χ3n) is 3.33. The van der Waals surface area contributed by atoms with E-state index in [-0.39, 0.29) is 17.5 Å². The summed E-state index contributed by atoms with van der Waals surface area (Å²) >= 11 is 0. The van der Waals surface area contributed by atoms with Gasteiger partial charge < -0.3 is 0 Å². The van der Waals surface area contributed by atoms with Crippen LogP contribution in [0.4, 0.5) is 0 Å². The van der Waals surface area contributed by atoms with E-state index in [0.717, 1.165) is 11.1 Å². The molecule has 0 spiro atoms. The van der Waals surface area contributed by atoms with Crippen LogP contribution in [0, 0.1) is 0 Å². The maximum Gasteiger partial charge on any atom is 0.240 e. The van der Waals surface area contributed by atoms with Crippen LogP contribution in [-0.2, 0) is 33.0 Å². The maximum absolute atomic E-state index is 12.2. The average molecular weight is 332 g/mol. The largest absolute Gasteiger partial charge is 0.240 e. The molecule has 0 atom stereocenters. The summed E-state index contributed by atoms with van der Waals surface area (Å²) in [5.41, 5.74) is 1.75. The van der Waals surface area contributed by atoms with E-state index in [1.807, 2.05) is 0 Å². The summed E-state index contributed by atoms with van der Waals surface area (Å²) < 4.78 is 51.5.